The third-order valence-electron chi connectivity index (χ3n) is 3.18. The molecule has 96 valence electrons. The Morgan fingerprint density at radius 3 is 2.89 bits per heavy atom. The summed E-state index contributed by atoms with van der Waals surface area (Å²) in [5.41, 5.74) is 7.94. The van der Waals surface area contributed by atoms with Gasteiger partial charge in [0.05, 0.1) is 0 Å². The number of fused-ring (bicyclic) bond motifs is 1. The number of nitrogens with zero attached hydrogens (tertiary/aromatic N) is 2. The van der Waals surface area contributed by atoms with Gasteiger partial charge in [0.15, 0.2) is 0 Å². The minimum absolute atomic E-state index is 0.759. The van der Waals surface area contributed by atoms with E-state index in [-0.39, 0.29) is 0 Å². The predicted molar refractivity (Wildman–Crippen MR) is 82.6 cm³/mol. The number of para-hydroxylation sites is 1. The van der Waals surface area contributed by atoms with Crippen LogP contribution in [0, 0.1) is 0 Å². The zero-order chi connectivity index (χ0) is 13.2. The maximum absolute atomic E-state index is 5.99. The summed E-state index contributed by atoms with van der Waals surface area (Å²) in [6, 6.07) is 12.1. The number of anilines is 2. The van der Waals surface area contributed by atoms with Crippen molar-refractivity contribution in [1.29, 1.82) is 0 Å². The molecule has 0 atom stereocenters. The molecule has 2 N–H and O–H groups in total. The molecule has 3 aromatic rings. The molecule has 0 saturated heterocycles. The van der Waals surface area contributed by atoms with Crippen LogP contribution < -0.4 is 10.6 Å². The van der Waals surface area contributed by atoms with Gasteiger partial charge in [0.1, 0.15) is 5.82 Å². The van der Waals surface area contributed by atoms with E-state index in [4.69, 9.17) is 5.73 Å². The van der Waals surface area contributed by atoms with E-state index in [0.29, 0.717) is 0 Å². The van der Waals surface area contributed by atoms with Crippen LogP contribution in [-0.4, -0.2) is 12.0 Å². The Kier molecular flexibility index (Phi) is 3.09. The van der Waals surface area contributed by atoms with Gasteiger partial charge in [-0.3, -0.25) is 0 Å². The summed E-state index contributed by atoms with van der Waals surface area (Å²) in [6.07, 6.45) is 1.86. The van der Waals surface area contributed by atoms with E-state index < -0.39 is 0 Å². The number of nitrogen functional groups attached to an aromatic ring is 1. The number of thiophene rings is 1. The number of hydrogen-bond donors (Lipinski definition) is 1. The zero-order valence-electron chi connectivity index (χ0n) is 10.7. The summed E-state index contributed by atoms with van der Waals surface area (Å²) in [6.45, 7) is 0.759. The van der Waals surface area contributed by atoms with E-state index in [1.165, 1.54) is 10.1 Å². The van der Waals surface area contributed by atoms with Crippen LogP contribution in [0.4, 0.5) is 11.5 Å². The first-order valence-electron chi connectivity index (χ1n) is 6.12. The summed E-state index contributed by atoms with van der Waals surface area (Å²) in [5, 5.41) is 3.30. The zero-order valence-corrected chi connectivity index (χ0v) is 11.5. The second kappa shape index (κ2) is 4.90. The first-order valence-corrected chi connectivity index (χ1v) is 7.00. The fraction of sp³-hybridized carbons (Fsp3) is 0.133. The molecule has 3 nitrogen and oxygen atoms in total. The van der Waals surface area contributed by atoms with Gasteiger partial charge in [-0.25, -0.2) is 4.98 Å². The molecule has 3 rings (SSSR count). The van der Waals surface area contributed by atoms with E-state index >= 15 is 0 Å². The number of rotatable bonds is 3. The smallest absolute Gasteiger partial charge is 0.137 e. The molecule has 0 bridgehead atoms. The van der Waals surface area contributed by atoms with E-state index in [1.807, 2.05) is 37.5 Å². The van der Waals surface area contributed by atoms with Crippen molar-refractivity contribution < 1.29 is 0 Å². The number of aromatic nitrogens is 1. The standard InChI is InChI=1S/C15H15N3S/c1-18(10-11-4-2-3-5-13(11)16)15-12-7-9-19-14(12)6-8-17-15/h2-9H,10,16H2,1H3. The summed E-state index contributed by atoms with van der Waals surface area (Å²) >= 11 is 1.74. The Bertz CT molecular complexity index is 705. The molecule has 0 aliphatic rings. The molecule has 2 heterocycles. The lowest BCUT2D eigenvalue weighted by Gasteiger charge is -2.20. The summed E-state index contributed by atoms with van der Waals surface area (Å²) < 4.78 is 1.26. The number of benzene rings is 1. The van der Waals surface area contributed by atoms with Crippen molar-refractivity contribution in [2.24, 2.45) is 0 Å². The van der Waals surface area contributed by atoms with Crippen LogP contribution in [0.15, 0.2) is 48.0 Å². The van der Waals surface area contributed by atoms with Crippen molar-refractivity contribution in [2.75, 3.05) is 17.7 Å². The number of hydrogen-bond acceptors (Lipinski definition) is 4. The molecule has 0 aliphatic heterocycles. The highest BCUT2D eigenvalue weighted by atomic mass is 32.1. The van der Waals surface area contributed by atoms with Crippen LogP contribution in [0.5, 0.6) is 0 Å². The lowest BCUT2D eigenvalue weighted by molar-refractivity contribution is 0.907. The van der Waals surface area contributed by atoms with Gasteiger partial charge in [-0.15, -0.1) is 11.3 Å². The highest BCUT2D eigenvalue weighted by molar-refractivity contribution is 7.17. The van der Waals surface area contributed by atoms with Crippen LogP contribution in [-0.2, 0) is 6.54 Å². The van der Waals surface area contributed by atoms with Crippen LogP contribution in [0.1, 0.15) is 5.56 Å². The Balaban J connectivity index is 1.94. The molecule has 4 heteroatoms. The fourth-order valence-electron chi connectivity index (χ4n) is 2.19. The quantitative estimate of drug-likeness (QED) is 0.740. The van der Waals surface area contributed by atoms with E-state index in [9.17, 15) is 0 Å². The van der Waals surface area contributed by atoms with E-state index in [1.54, 1.807) is 11.3 Å². The maximum Gasteiger partial charge on any atom is 0.137 e. The van der Waals surface area contributed by atoms with Crippen molar-refractivity contribution in [3.8, 4) is 0 Å². The minimum atomic E-state index is 0.759. The van der Waals surface area contributed by atoms with Crippen molar-refractivity contribution in [3.05, 3.63) is 53.5 Å². The SMILES string of the molecule is CN(Cc1ccccc1N)c1nccc2sccc12. The van der Waals surface area contributed by atoms with Crippen molar-refractivity contribution >= 4 is 32.9 Å². The molecule has 0 aliphatic carbocycles. The Hall–Kier alpha value is -2.07. The van der Waals surface area contributed by atoms with E-state index in [2.05, 4.69) is 27.4 Å². The normalized spacial score (nSPS) is 10.8. The van der Waals surface area contributed by atoms with Gasteiger partial charge < -0.3 is 10.6 Å². The monoisotopic (exact) mass is 269 g/mol. The molecule has 0 spiro atoms. The van der Waals surface area contributed by atoms with Crippen LogP contribution in [0.2, 0.25) is 0 Å². The van der Waals surface area contributed by atoms with Crippen LogP contribution in [0.3, 0.4) is 0 Å². The molecule has 0 unspecified atom stereocenters. The average molecular weight is 269 g/mol. The van der Waals surface area contributed by atoms with Gasteiger partial charge in [0.2, 0.25) is 0 Å². The predicted octanol–water partition coefficient (Wildman–Crippen LogP) is 3.51. The van der Waals surface area contributed by atoms with Gasteiger partial charge in [-0.1, -0.05) is 18.2 Å². The van der Waals surface area contributed by atoms with Crippen molar-refractivity contribution in [2.45, 2.75) is 6.54 Å². The third kappa shape index (κ3) is 2.27. The lowest BCUT2D eigenvalue weighted by atomic mass is 10.1. The Morgan fingerprint density at radius 1 is 1.21 bits per heavy atom. The Labute approximate surface area is 116 Å². The fourth-order valence-corrected chi connectivity index (χ4v) is 2.97. The van der Waals surface area contributed by atoms with Crippen LogP contribution >= 0.6 is 11.3 Å². The largest absolute Gasteiger partial charge is 0.398 e. The molecule has 0 saturated carbocycles. The summed E-state index contributed by atoms with van der Waals surface area (Å²) in [7, 11) is 2.05. The van der Waals surface area contributed by atoms with Gasteiger partial charge in [0.25, 0.3) is 0 Å². The number of pyridine rings is 1. The Morgan fingerprint density at radius 2 is 2.05 bits per heavy atom. The maximum atomic E-state index is 5.99. The summed E-state index contributed by atoms with van der Waals surface area (Å²) in [4.78, 5) is 6.64. The van der Waals surface area contributed by atoms with E-state index in [0.717, 1.165) is 23.6 Å². The first kappa shape index (κ1) is 12.0. The van der Waals surface area contributed by atoms with Gasteiger partial charge in [0, 0.05) is 35.6 Å². The molecule has 19 heavy (non-hydrogen) atoms. The molecule has 2 aromatic heterocycles. The topological polar surface area (TPSA) is 42.1 Å². The highest BCUT2D eigenvalue weighted by Gasteiger charge is 2.10. The first-order chi connectivity index (χ1) is 9.25. The molecule has 0 amide bonds. The molecule has 0 fully saturated rings. The van der Waals surface area contributed by atoms with Crippen molar-refractivity contribution in [1.82, 2.24) is 4.98 Å². The second-order valence-corrected chi connectivity index (χ2v) is 5.47. The minimum Gasteiger partial charge on any atom is -0.398 e. The summed E-state index contributed by atoms with van der Waals surface area (Å²) in [5.74, 6) is 1.00. The van der Waals surface area contributed by atoms with Gasteiger partial charge >= 0.3 is 0 Å². The molecule has 0 radical (unpaired) electrons. The molecule has 1 aromatic carbocycles. The molecular formula is C15H15N3S. The van der Waals surface area contributed by atoms with Crippen LogP contribution in [0.25, 0.3) is 10.1 Å². The lowest BCUT2D eigenvalue weighted by Crippen LogP contribution is -2.18. The third-order valence-corrected chi connectivity index (χ3v) is 4.07. The van der Waals surface area contributed by atoms with Crippen molar-refractivity contribution in [3.63, 3.8) is 0 Å². The molecular weight excluding hydrogens is 254 g/mol. The average Bonchev–Trinajstić information content (AvgIpc) is 2.89. The highest BCUT2D eigenvalue weighted by Crippen LogP contribution is 2.28. The van der Waals surface area contributed by atoms with Gasteiger partial charge in [-0.05, 0) is 29.1 Å². The number of nitrogens with two attached hydrogens (primary N) is 1. The second-order valence-electron chi connectivity index (χ2n) is 4.52. The van der Waals surface area contributed by atoms with Gasteiger partial charge in [-0.2, -0.15) is 0 Å².